The molecule has 6 heteroatoms. The van der Waals surface area contributed by atoms with Crippen molar-refractivity contribution in [2.24, 2.45) is 17.2 Å². The fraction of sp³-hybridized carbons (Fsp3) is 0.882. The Kier molecular flexibility index (Phi) is 15.2. The molecule has 0 fully saturated rings. The monoisotopic (exact) mass is 328 g/mol. The second-order valence-electron chi connectivity index (χ2n) is 6.19. The second kappa shape index (κ2) is 15.9. The van der Waals surface area contributed by atoms with Crippen molar-refractivity contribution in [2.75, 3.05) is 19.6 Å². The number of hydrogen-bond donors (Lipinski definition) is 4. The molecule has 23 heavy (non-hydrogen) atoms. The summed E-state index contributed by atoms with van der Waals surface area (Å²) in [5, 5.41) is 3.38. The standard InChI is InChI=1S/C17H36N4O2/c18-12-8-14-21-13-7-5-3-1-2-4-6-9-16(22)15(19)10-11-17(20)23/h15,21H,1-14,18-19H2,(H2,20,23). The Labute approximate surface area is 140 Å². The predicted octanol–water partition coefficient (Wildman–Crippen LogP) is 1.21. The van der Waals surface area contributed by atoms with Crippen molar-refractivity contribution >= 4 is 11.7 Å². The quantitative estimate of drug-likeness (QED) is 0.299. The molecule has 0 spiro atoms. The van der Waals surface area contributed by atoms with Gasteiger partial charge in [-0.3, -0.25) is 9.59 Å². The van der Waals surface area contributed by atoms with Gasteiger partial charge in [0.2, 0.25) is 5.91 Å². The molecule has 0 heterocycles. The zero-order chi connectivity index (χ0) is 17.3. The molecule has 6 nitrogen and oxygen atoms in total. The number of primary amides is 1. The Bertz CT molecular complexity index is 311. The van der Waals surface area contributed by atoms with Gasteiger partial charge in [0, 0.05) is 12.8 Å². The summed E-state index contributed by atoms with van der Waals surface area (Å²) >= 11 is 0. The summed E-state index contributed by atoms with van der Waals surface area (Å²) in [4.78, 5) is 22.4. The lowest BCUT2D eigenvalue weighted by Crippen LogP contribution is -2.31. The van der Waals surface area contributed by atoms with E-state index in [1.807, 2.05) is 0 Å². The zero-order valence-electron chi connectivity index (χ0n) is 14.5. The summed E-state index contributed by atoms with van der Waals surface area (Å²) < 4.78 is 0. The lowest BCUT2D eigenvalue weighted by Gasteiger charge is -2.09. The van der Waals surface area contributed by atoms with E-state index >= 15 is 0 Å². The Hall–Kier alpha value is -0.980. The summed E-state index contributed by atoms with van der Waals surface area (Å²) in [6, 6.07) is -0.533. The molecule has 0 aliphatic rings. The maximum Gasteiger partial charge on any atom is 0.217 e. The van der Waals surface area contributed by atoms with Crippen LogP contribution < -0.4 is 22.5 Å². The molecule has 0 aliphatic heterocycles. The summed E-state index contributed by atoms with van der Waals surface area (Å²) in [7, 11) is 0. The summed E-state index contributed by atoms with van der Waals surface area (Å²) in [5.74, 6) is -0.349. The van der Waals surface area contributed by atoms with E-state index in [-0.39, 0.29) is 12.2 Å². The molecule has 0 radical (unpaired) electrons. The third-order valence-electron chi connectivity index (χ3n) is 3.95. The van der Waals surface area contributed by atoms with Crippen LogP contribution in [0.3, 0.4) is 0 Å². The van der Waals surface area contributed by atoms with E-state index in [9.17, 15) is 9.59 Å². The molecule has 136 valence electrons. The van der Waals surface area contributed by atoms with E-state index < -0.39 is 11.9 Å². The molecule has 1 atom stereocenters. The number of unbranched alkanes of at least 4 members (excludes halogenated alkanes) is 6. The van der Waals surface area contributed by atoms with Crippen LogP contribution in [0, 0.1) is 0 Å². The fourth-order valence-electron chi connectivity index (χ4n) is 2.43. The van der Waals surface area contributed by atoms with Gasteiger partial charge in [0.25, 0.3) is 0 Å². The number of hydrogen-bond acceptors (Lipinski definition) is 5. The van der Waals surface area contributed by atoms with Crippen molar-refractivity contribution in [2.45, 2.75) is 76.7 Å². The zero-order valence-corrected chi connectivity index (χ0v) is 14.5. The molecule has 0 aromatic carbocycles. The third kappa shape index (κ3) is 15.7. The molecule has 1 amide bonds. The first-order valence-electron chi connectivity index (χ1n) is 9.05. The third-order valence-corrected chi connectivity index (χ3v) is 3.95. The van der Waals surface area contributed by atoms with Gasteiger partial charge in [-0.05, 0) is 45.3 Å². The number of nitrogens with two attached hydrogens (primary N) is 3. The highest BCUT2D eigenvalue weighted by Crippen LogP contribution is 2.10. The van der Waals surface area contributed by atoms with E-state index in [0.717, 1.165) is 38.9 Å². The summed E-state index contributed by atoms with van der Waals surface area (Å²) in [6.07, 6.45) is 10.2. The molecular weight excluding hydrogens is 292 g/mol. The maximum atomic E-state index is 11.7. The summed E-state index contributed by atoms with van der Waals surface area (Å²) in [6.45, 7) is 2.86. The van der Waals surface area contributed by atoms with Gasteiger partial charge < -0.3 is 22.5 Å². The lowest BCUT2D eigenvalue weighted by molar-refractivity contribution is -0.121. The highest BCUT2D eigenvalue weighted by Gasteiger charge is 2.13. The van der Waals surface area contributed by atoms with Crippen LogP contribution in [-0.4, -0.2) is 37.4 Å². The van der Waals surface area contributed by atoms with Gasteiger partial charge in [0.05, 0.1) is 6.04 Å². The first-order valence-corrected chi connectivity index (χ1v) is 9.05. The van der Waals surface area contributed by atoms with Gasteiger partial charge in [-0.2, -0.15) is 0 Å². The van der Waals surface area contributed by atoms with Gasteiger partial charge in [-0.15, -0.1) is 0 Å². The first-order chi connectivity index (χ1) is 11.1. The van der Waals surface area contributed by atoms with Crippen LogP contribution in [-0.2, 0) is 9.59 Å². The fourth-order valence-corrected chi connectivity index (χ4v) is 2.43. The van der Waals surface area contributed by atoms with Crippen molar-refractivity contribution < 1.29 is 9.59 Å². The van der Waals surface area contributed by atoms with Crippen molar-refractivity contribution in [1.82, 2.24) is 5.32 Å². The molecule has 0 bridgehead atoms. The Balaban J connectivity index is 3.29. The van der Waals surface area contributed by atoms with Gasteiger partial charge in [0.1, 0.15) is 5.78 Å². The Morgan fingerprint density at radius 3 is 2.00 bits per heavy atom. The van der Waals surface area contributed by atoms with Crippen LogP contribution >= 0.6 is 0 Å². The van der Waals surface area contributed by atoms with Gasteiger partial charge in [0.15, 0.2) is 0 Å². The first kappa shape index (κ1) is 22.0. The van der Waals surface area contributed by atoms with Gasteiger partial charge in [-0.25, -0.2) is 0 Å². The molecule has 0 saturated carbocycles. The average molecular weight is 329 g/mol. The number of carbonyl (C=O) groups excluding carboxylic acids is 2. The average Bonchev–Trinajstić information content (AvgIpc) is 2.53. The van der Waals surface area contributed by atoms with E-state index in [0.29, 0.717) is 12.8 Å². The lowest BCUT2D eigenvalue weighted by atomic mass is 10.0. The normalized spacial score (nSPS) is 12.3. The minimum atomic E-state index is -0.533. The molecule has 0 aromatic heterocycles. The molecule has 0 saturated heterocycles. The largest absolute Gasteiger partial charge is 0.370 e. The van der Waals surface area contributed by atoms with E-state index in [4.69, 9.17) is 17.2 Å². The van der Waals surface area contributed by atoms with Crippen LogP contribution in [0.1, 0.15) is 70.6 Å². The predicted molar refractivity (Wildman–Crippen MR) is 94.9 cm³/mol. The van der Waals surface area contributed by atoms with Gasteiger partial charge >= 0.3 is 0 Å². The molecule has 0 rings (SSSR count). The smallest absolute Gasteiger partial charge is 0.217 e. The Morgan fingerprint density at radius 1 is 0.826 bits per heavy atom. The van der Waals surface area contributed by atoms with Crippen LogP contribution in [0.5, 0.6) is 0 Å². The van der Waals surface area contributed by atoms with E-state index in [1.165, 1.54) is 32.1 Å². The highest BCUT2D eigenvalue weighted by molar-refractivity contribution is 5.84. The van der Waals surface area contributed by atoms with Crippen LogP contribution in [0.4, 0.5) is 0 Å². The van der Waals surface area contributed by atoms with E-state index in [1.54, 1.807) is 0 Å². The number of carbonyl (C=O) groups is 2. The molecular formula is C17H36N4O2. The van der Waals surface area contributed by atoms with Crippen molar-refractivity contribution in [1.29, 1.82) is 0 Å². The molecule has 1 unspecified atom stereocenters. The van der Waals surface area contributed by atoms with Crippen LogP contribution in [0.25, 0.3) is 0 Å². The number of rotatable bonds is 17. The van der Waals surface area contributed by atoms with Crippen molar-refractivity contribution in [3.63, 3.8) is 0 Å². The van der Waals surface area contributed by atoms with E-state index in [2.05, 4.69) is 5.32 Å². The minimum Gasteiger partial charge on any atom is -0.370 e. The minimum absolute atomic E-state index is 0.0507. The van der Waals surface area contributed by atoms with Crippen molar-refractivity contribution in [3.8, 4) is 0 Å². The number of nitrogens with one attached hydrogen (secondary N) is 1. The van der Waals surface area contributed by atoms with Crippen LogP contribution in [0.2, 0.25) is 0 Å². The summed E-state index contributed by atoms with van der Waals surface area (Å²) in [5.41, 5.74) is 16.2. The maximum absolute atomic E-state index is 11.7. The van der Waals surface area contributed by atoms with Crippen molar-refractivity contribution in [3.05, 3.63) is 0 Å². The molecule has 0 aliphatic carbocycles. The second-order valence-corrected chi connectivity index (χ2v) is 6.19. The number of ketones is 1. The van der Waals surface area contributed by atoms with Crippen LogP contribution in [0.15, 0.2) is 0 Å². The SMILES string of the molecule is NCCCNCCCCCCCCCC(=O)C(N)CCC(N)=O. The number of Topliss-reactive ketones (excluding diaryl/α,β-unsaturated/α-hetero) is 1. The molecule has 0 aromatic rings. The van der Waals surface area contributed by atoms with Gasteiger partial charge in [-0.1, -0.05) is 32.1 Å². The number of amides is 1. The molecule has 7 N–H and O–H groups in total. The highest BCUT2D eigenvalue weighted by atomic mass is 16.1. The Morgan fingerprint density at radius 2 is 1.39 bits per heavy atom. The topological polar surface area (TPSA) is 124 Å².